The lowest BCUT2D eigenvalue weighted by atomic mass is 10.1. The van der Waals surface area contributed by atoms with Gasteiger partial charge in [0.15, 0.2) is 0 Å². The van der Waals surface area contributed by atoms with E-state index in [0.29, 0.717) is 11.8 Å². The van der Waals surface area contributed by atoms with Gasteiger partial charge in [-0.05, 0) is 23.3 Å². The number of alkyl halides is 2. The predicted molar refractivity (Wildman–Crippen MR) is 59.9 cm³/mol. The van der Waals surface area contributed by atoms with Crippen LogP contribution in [0.4, 0.5) is 0 Å². The van der Waals surface area contributed by atoms with E-state index in [4.69, 9.17) is 34.4 Å². The number of rotatable bonds is 4. The summed E-state index contributed by atoms with van der Waals surface area (Å²) in [6, 6.07) is 5.67. The smallest absolute Gasteiger partial charge is 0.148 e. The van der Waals surface area contributed by atoms with Crippen molar-refractivity contribution in [2.75, 3.05) is 6.61 Å². The van der Waals surface area contributed by atoms with Gasteiger partial charge in [-0.1, -0.05) is 12.0 Å². The molecule has 0 saturated carbocycles. The third-order valence-corrected chi connectivity index (χ3v) is 2.27. The fourth-order valence-electron chi connectivity index (χ4n) is 1.09. The summed E-state index contributed by atoms with van der Waals surface area (Å²) in [5.41, 5.74) is 1.97. The Morgan fingerprint density at radius 1 is 1.14 bits per heavy atom. The Morgan fingerprint density at radius 2 is 1.71 bits per heavy atom. The molecule has 1 nitrogen and oxygen atoms in total. The Morgan fingerprint density at radius 3 is 2.14 bits per heavy atom. The first-order valence-electron chi connectivity index (χ1n) is 4.11. The van der Waals surface area contributed by atoms with Crippen molar-refractivity contribution in [3.8, 4) is 18.1 Å². The molecule has 1 aromatic carbocycles. The van der Waals surface area contributed by atoms with E-state index in [1.165, 1.54) is 0 Å². The van der Waals surface area contributed by atoms with Crippen molar-refractivity contribution in [3.63, 3.8) is 0 Å². The monoisotopic (exact) mass is 228 g/mol. The van der Waals surface area contributed by atoms with E-state index in [9.17, 15) is 0 Å². The van der Waals surface area contributed by atoms with Crippen LogP contribution in [0.15, 0.2) is 18.2 Å². The maximum Gasteiger partial charge on any atom is 0.148 e. The van der Waals surface area contributed by atoms with Crippen molar-refractivity contribution >= 4 is 23.2 Å². The number of terminal acetylenes is 1. The summed E-state index contributed by atoms with van der Waals surface area (Å²) < 4.78 is 5.29. The van der Waals surface area contributed by atoms with E-state index in [1.807, 2.05) is 18.2 Å². The van der Waals surface area contributed by atoms with Gasteiger partial charge < -0.3 is 4.74 Å². The lowest BCUT2D eigenvalue weighted by Crippen LogP contribution is -1.95. The van der Waals surface area contributed by atoms with Gasteiger partial charge in [-0.25, -0.2) is 0 Å². The quantitative estimate of drug-likeness (QED) is 0.569. The average Bonchev–Trinajstić information content (AvgIpc) is 2.25. The van der Waals surface area contributed by atoms with Gasteiger partial charge in [-0.3, -0.25) is 0 Å². The third kappa shape index (κ3) is 3.14. The first-order valence-corrected chi connectivity index (χ1v) is 5.18. The van der Waals surface area contributed by atoms with E-state index in [2.05, 4.69) is 5.92 Å². The second-order valence-electron chi connectivity index (χ2n) is 2.75. The molecular formula is C11H10Cl2O. The summed E-state index contributed by atoms with van der Waals surface area (Å²) in [6.45, 7) is 0.257. The normalized spacial score (nSPS) is 9.50. The van der Waals surface area contributed by atoms with E-state index >= 15 is 0 Å². The zero-order valence-electron chi connectivity index (χ0n) is 7.59. The molecule has 14 heavy (non-hydrogen) atoms. The topological polar surface area (TPSA) is 9.23 Å². The number of hydrogen-bond donors (Lipinski definition) is 0. The maximum atomic E-state index is 5.72. The van der Waals surface area contributed by atoms with E-state index in [1.54, 1.807) is 0 Å². The van der Waals surface area contributed by atoms with Gasteiger partial charge >= 0.3 is 0 Å². The molecule has 0 aromatic heterocycles. The summed E-state index contributed by atoms with van der Waals surface area (Å²) in [5, 5.41) is 0. The minimum absolute atomic E-state index is 0.257. The van der Waals surface area contributed by atoms with Gasteiger partial charge in [0.1, 0.15) is 12.4 Å². The lowest BCUT2D eigenvalue weighted by Gasteiger charge is -2.06. The first-order chi connectivity index (χ1) is 6.80. The average molecular weight is 229 g/mol. The van der Waals surface area contributed by atoms with Crippen LogP contribution in [0.1, 0.15) is 11.1 Å². The lowest BCUT2D eigenvalue weighted by molar-refractivity contribution is 0.370. The molecule has 0 saturated heterocycles. The van der Waals surface area contributed by atoms with Crippen molar-refractivity contribution in [1.29, 1.82) is 0 Å². The Labute approximate surface area is 94.0 Å². The summed E-state index contributed by atoms with van der Waals surface area (Å²) >= 11 is 11.4. The standard InChI is InChI=1S/C11H10Cl2O/c1-2-3-14-11-5-9(7-12)4-10(6-11)8-13/h1,4-6H,3,7-8H2. The van der Waals surface area contributed by atoms with E-state index in [-0.39, 0.29) is 6.61 Å². The zero-order valence-corrected chi connectivity index (χ0v) is 9.11. The molecule has 0 aliphatic carbocycles. The molecule has 0 fully saturated rings. The minimum atomic E-state index is 0.257. The highest BCUT2D eigenvalue weighted by Crippen LogP contribution is 2.19. The van der Waals surface area contributed by atoms with Crippen LogP contribution >= 0.6 is 23.2 Å². The van der Waals surface area contributed by atoms with Gasteiger partial charge in [0.25, 0.3) is 0 Å². The molecule has 0 radical (unpaired) electrons. The molecule has 0 aliphatic rings. The predicted octanol–water partition coefficient (Wildman–Crippen LogP) is 3.18. The number of hydrogen-bond acceptors (Lipinski definition) is 1. The van der Waals surface area contributed by atoms with Crippen LogP contribution in [0.5, 0.6) is 5.75 Å². The zero-order chi connectivity index (χ0) is 10.4. The summed E-state index contributed by atoms with van der Waals surface area (Å²) in [5.74, 6) is 4.01. The molecule has 0 atom stereocenters. The number of ether oxygens (including phenoxy) is 1. The van der Waals surface area contributed by atoms with Crippen LogP contribution in [0.25, 0.3) is 0 Å². The molecule has 0 unspecified atom stereocenters. The molecule has 0 N–H and O–H groups in total. The third-order valence-electron chi connectivity index (χ3n) is 1.66. The molecule has 1 rings (SSSR count). The Kier molecular flexibility index (Phi) is 4.65. The molecule has 0 aliphatic heterocycles. The Balaban J connectivity index is 2.87. The highest BCUT2D eigenvalue weighted by molar-refractivity contribution is 6.17. The number of benzene rings is 1. The molecule has 0 spiro atoms. The van der Waals surface area contributed by atoms with Crippen molar-refractivity contribution in [1.82, 2.24) is 0 Å². The molecule has 0 amide bonds. The van der Waals surface area contributed by atoms with Gasteiger partial charge in [0.05, 0.1) is 0 Å². The molecule has 3 heteroatoms. The van der Waals surface area contributed by atoms with Gasteiger partial charge in [0.2, 0.25) is 0 Å². The minimum Gasteiger partial charge on any atom is -0.481 e. The van der Waals surface area contributed by atoms with Crippen LogP contribution < -0.4 is 4.74 Å². The van der Waals surface area contributed by atoms with E-state index < -0.39 is 0 Å². The largest absolute Gasteiger partial charge is 0.481 e. The number of halogens is 2. The van der Waals surface area contributed by atoms with Crippen molar-refractivity contribution in [3.05, 3.63) is 29.3 Å². The highest BCUT2D eigenvalue weighted by Gasteiger charge is 2.00. The first kappa shape index (κ1) is 11.2. The van der Waals surface area contributed by atoms with Crippen LogP contribution in [0, 0.1) is 12.3 Å². The van der Waals surface area contributed by atoms with Gasteiger partial charge in [-0.15, -0.1) is 29.6 Å². The second-order valence-corrected chi connectivity index (χ2v) is 3.28. The molecular weight excluding hydrogens is 219 g/mol. The van der Waals surface area contributed by atoms with Gasteiger partial charge in [0, 0.05) is 11.8 Å². The molecule has 1 aromatic rings. The summed E-state index contributed by atoms with van der Waals surface area (Å²) in [6.07, 6.45) is 5.09. The van der Waals surface area contributed by atoms with E-state index in [0.717, 1.165) is 16.9 Å². The van der Waals surface area contributed by atoms with Crippen LogP contribution in [-0.2, 0) is 11.8 Å². The molecule has 74 valence electrons. The van der Waals surface area contributed by atoms with Gasteiger partial charge in [-0.2, -0.15) is 0 Å². The molecule has 0 heterocycles. The fourth-order valence-corrected chi connectivity index (χ4v) is 1.40. The van der Waals surface area contributed by atoms with Crippen molar-refractivity contribution in [2.45, 2.75) is 11.8 Å². The molecule has 0 bridgehead atoms. The van der Waals surface area contributed by atoms with Crippen molar-refractivity contribution < 1.29 is 4.74 Å². The highest BCUT2D eigenvalue weighted by atomic mass is 35.5. The van der Waals surface area contributed by atoms with Crippen molar-refractivity contribution in [2.24, 2.45) is 0 Å². The SMILES string of the molecule is C#CCOc1cc(CCl)cc(CCl)c1. The van der Waals surface area contributed by atoms with Crippen LogP contribution in [0.2, 0.25) is 0 Å². The summed E-state index contributed by atoms with van der Waals surface area (Å²) in [7, 11) is 0. The maximum absolute atomic E-state index is 5.72. The second kappa shape index (κ2) is 5.80. The Bertz CT molecular complexity index is 319. The van der Waals surface area contributed by atoms with Crippen LogP contribution in [-0.4, -0.2) is 6.61 Å². The summed E-state index contributed by atoms with van der Waals surface area (Å²) in [4.78, 5) is 0. The fraction of sp³-hybridized carbons (Fsp3) is 0.273. The Hall–Kier alpha value is -0.840. The van der Waals surface area contributed by atoms with Crippen LogP contribution in [0.3, 0.4) is 0 Å².